The number of allylic oxidation sites excluding steroid dienone is 3. The lowest BCUT2D eigenvalue weighted by Gasteiger charge is -2.45. The number of ether oxygens (including phenoxy) is 1. The predicted octanol–water partition coefficient (Wildman–Crippen LogP) is 7.55. The van der Waals surface area contributed by atoms with Gasteiger partial charge in [0.05, 0.1) is 25.7 Å². The molecule has 0 radical (unpaired) electrons. The van der Waals surface area contributed by atoms with E-state index in [9.17, 15) is 9.59 Å². The van der Waals surface area contributed by atoms with E-state index in [1.807, 2.05) is 0 Å². The van der Waals surface area contributed by atoms with Gasteiger partial charge in [-0.05, 0) is 67.5 Å². The van der Waals surface area contributed by atoms with Crippen molar-refractivity contribution in [2.24, 2.45) is 35.5 Å². The molecule has 0 unspecified atom stereocenters. The Hall–Kier alpha value is -1.03. The van der Waals surface area contributed by atoms with Crippen molar-refractivity contribution in [1.29, 1.82) is 0 Å². The molecular weight excluding hydrogens is 509 g/mol. The van der Waals surface area contributed by atoms with Crippen LogP contribution in [0.4, 0.5) is 0 Å². The number of hydrogen-bond donors (Lipinski definition) is 0. The monoisotopic (exact) mass is 562 g/mol. The van der Waals surface area contributed by atoms with Crippen LogP contribution in [0.1, 0.15) is 68.7 Å². The van der Waals surface area contributed by atoms with Gasteiger partial charge in [-0.2, -0.15) is 0 Å². The van der Waals surface area contributed by atoms with E-state index in [4.69, 9.17) is 13.6 Å². The molecule has 8 atom stereocenters. The van der Waals surface area contributed by atoms with Crippen LogP contribution in [0.5, 0.6) is 0 Å². The van der Waals surface area contributed by atoms with Gasteiger partial charge in [-0.1, -0.05) is 66.2 Å². The second-order valence-electron chi connectivity index (χ2n) is 15.3. The molecule has 0 aliphatic heterocycles. The van der Waals surface area contributed by atoms with Crippen LogP contribution in [0.3, 0.4) is 0 Å². The van der Waals surface area contributed by atoms with Gasteiger partial charge in [-0.3, -0.25) is 9.59 Å². The van der Waals surface area contributed by atoms with E-state index in [1.54, 1.807) is 6.92 Å². The lowest BCUT2D eigenvalue weighted by Crippen LogP contribution is -2.49. The molecule has 0 bridgehead atoms. The van der Waals surface area contributed by atoms with E-state index in [-0.39, 0.29) is 76.0 Å². The highest BCUT2D eigenvalue weighted by atomic mass is 28.4. The number of Topliss-reactive ketones (excluding diaryl/α,β-unsaturated/α-hetero) is 1. The maximum absolute atomic E-state index is 12.9. The molecule has 0 spiro atoms. The number of carbonyl (C=O) groups is 2. The third-order valence-electron chi connectivity index (χ3n) is 10.8. The fraction of sp³-hybridized carbons (Fsp3) is 0.806. The lowest BCUT2D eigenvalue weighted by molar-refractivity contribution is -0.142. The van der Waals surface area contributed by atoms with Gasteiger partial charge < -0.3 is 13.6 Å². The van der Waals surface area contributed by atoms with Crippen molar-refractivity contribution in [2.75, 3.05) is 7.11 Å². The van der Waals surface area contributed by atoms with E-state index in [1.165, 1.54) is 12.7 Å². The highest BCUT2D eigenvalue weighted by Crippen LogP contribution is 2.60. The highest BCUT2D eigenvalue weighted by molar-refractivity contribution is 6.74. The predicted molar refractivity (Wildman–Crippen MR) is 160 cm³/mol. The highest BCUT2D eigenvalue weighted by Gasteiger charge is 2.61. The topological polar surface area (TPSA) is 61.8 Å². The zero-order chi connectivity index (χ0) is 29.2. The normalized spacial score (nSPS) is 33.8. The average molecular weight is 563 g/mol. The van der Waals surface area contributed by atoms with E-state index in [2.05, 4.69) is 93.7 Å². The molecule has 1 saturated carbocycles. The molecule has 5 nitrogen and oxygen atoms in total. The zero-order valence-corrected chi connectivity index (χ0v) is 28.5. The number of hydrogen-bond acceptors (Lipinski definition) is 5. The first-order valence-corrected chi connectivity index (χ1v) is 20.3. The molecular formula is C31H54O5Si2. The largest absolute Gasteiger partial charge is 0.469 e. The molecule has 0 aromatic rings. The summed E-state index contributed by atoms with van der Waals surface area (Å²) < 4.78 is 19.7. The third kappa shape index (κ3) is 5.59. The minimum absolute atomic E-state index is 0.00682. The van der Waals surface area contributed by atoms with Crippen LogP contribution in [0, 0.1) is 35.5 Å². The minimum Gasteiger partial charge on any atom is -0.469 e. The minimum atomic E-state index is -2.11. The van der Waals surface area contributed by atoms with Crippen molar-refractivity contribution in [3.63, 3.8) is 0 Å². The molecule has 0 saturated heterocycles. The average Bonchev–Trinajstić information content (AvgIpc) is 3.24. The summed E-state index contributed by atoms with van der Waals surface area (Å²) in [6.45, 7) is 29.2. The Labute approximate surface area is 234 Å². The van der Waals surface area contributed by atoms with Crippen molar-refractivity contribution in [3.05, 3.63) is 23.3 Å². The van der Waals surface area contributed by atoms with Crippen molar-refractivity contribution >= 4 is 28.4 Å². The Morgan fingerprint density at radius 3 is 1.82 bits per heavy atom. The summed E-state index contributed by atoms with van der Waals surface area (Å²) in [6.07, 6.45) is 4.87. The summed E-state index contributed by atoms with van der Waals surface area (Å²) >= 11 is 0. The van der Waals surface area contributed by atoms with Gasteiger partial charge in [0.25, 0.3) is 0 Å². The van der Waals surface area contributed by atoms with E-state index >= 15 is 0 Å². The fourth-order valence-electron chi connectivity index (χ4n) is 6.54. The molecule has 0 amide bonds. The number of ketones is 1. The molecule has 216 valence electrons. The summed E-state index contributed by atoms with van der Waals surface area (Å²) in [4.78, 5) is 25.5. The van der Waals surface area contributed by atoms with Crippen LogP contribution in [0.2, 0.25) is 36.3 Å². The number of esters is 1. The molecule has 38 heavy (non-hydrogen) atoms. The first-order valence-electron chi connectivity index (χ1n) is 14.5. The summed E-state index contributed by atoms with van der Waals surface area (Å²) in [5.41, 5.74) is 2.07. The molecule has 0 aromatic heterocycles. The van der Waals surface area contributed by atoms with Gasteiger partial charge in [0.2, 0.25) is 0 Å². The lowest BCUT2D eigenvalue weighted by atomic mass is 9.65. The van der Waals surface area contributed by atoms with Crippen molar-refractivity contribution in [3.8, 4) is 0 Å². The van der Waals surface area contributed by atoms with Crippen molar-refractivity contribution < 1.29 is 23.2 Å². The summed E-state index contributed by atoms with van der Waals surface area (Å²) in [5, 5.41) is 0.172. The van der Waals surface area contributed by atoms with Gasteiger partial charge in [0, 0.05) is 23.7 Å². The Morgan fingerprint density at radius 2 is 1.37 bits per heavy atom. The molecule has 0 aromatic carbocycles. The molecule has 7 heteroatoms. The van der Waals surface area contributed by atoms with Crippen LogP contribution in [-0.4, -0.2) is 47.7 Å². The maximum Gasteiger partial charge on any atom is 0.306 e. The molecule has 0 heterocycles. The van der Waals surface area contributed by atoms with E-state index in [0.717, 1.165) is 5.57 Å². The molecule has 3 aliphatic carbocycles. The van der Waals surface area contributed by atoms with Crippen LogP contribution in [-0.2, 0) is 23.2 Å². The maximum atomic E-state index is 12.9. The number of rotatable bonds is 7. The summed E-state index contributed by atoms with van der Waals surface area (Å²) in [5.74, 6) is 0.456. The fourth-order valence-corrected chi connectivity index (χ4v) is 9.36. The standard InChI is InChI=1S/C31H54O5Si2/c1-18-15-24-27(26-21(18)16-22(20(3)32)23(26)17-25(33)34-10)29(36-38(13,14)31(7,8)9)19(2)28(24)35-37(11,12)30(4,5)6/h15-16,19,21,23-24,26-29H,17H2,1-14H3/t19-,21-,23+,24+,26+,27-,28-,29+/m0/s1. The van der Waals surface area contributed by atoms with Crippen molar-refractivity contribution in [2.45, 2.75) is 117 Å². The summed E-state index contributed by atoms with van der Waals surface area (Å²) in [6, 6.07) is 0. The van der Waals surface area contributed by atoms with Gasteiger partial charge in [0.1, 0.15) is 0 Å². The Balaban J connectivity index is 2.16. The Morgan fingerprint density at radius 1 is 0.868 bits per heavy atom. The number of methoxy groups -OCH3 is 1. The number of fused-ring (bicyclic) bond motifs is 3. The van der Waals surface area contributed by atoms with Crippen molar-refractivity contribution in [1.82, 2.24) is 0 Å². The molecule has 3 aliphatic rings. The van der Waals surface area contributed by atoms with Crippen LogP contribution in [0.15, 0.2) is 23.3 Å². The van der Waals surface area contributed by atoms with E-state index < -0.39 is 16.6 Å². The SMILES string of the molecule is COC(=O)C[C@@H]1C(C(C)=O)=C[C@H]2C(C)=C[C@H]3[C@@H](O[Si](C)(C)C(C)(C)C)[C@H](C)[C@@H](O[Si](C)(C)C(C)(C)C)[C@@H]3[C@@H]12. The van der Waals surface area contributed by atoms with Gasteiger partial charge >= 0.3 is 5.97 Å². The first kappa shape index (κ1) is 31.5. The summed E-state index contributed by atoms with van der Waals surface area (Å²) in [7, 11) is -2.74. The van der Waals surface area contributed by atoms with Gasteiger partial charge in [-0.25, -0.2) is 0 Å². The number of carbonyl (C=O) groups excluding carboxylic acids is 2. The van der Waals surface area contributed by atoms with E-state index in [0.29, 0.717) is 0 Å². The Kier molecular flexibility index (Phi) is 8.64. The molecule has 1 fully saturated rings. The molecule has 3 rings (SSSR count). The first-order chi connectivity index (χ1) is 17.1. The van der Waals surface area contributed by atoms with Crippen LogP contribution < -0.4 is 0 Å². The van der Waals surface area contributed by atoms with Crippen LogP contribution >= 0.6 is 0 Å². The van der Waals surface area contributed by atoms with Crippen LogP contribution in [0.25, 0.3) is 0 Å². The Bertz CT molecular complexity index is 997. The quantitative estimate of drug-likeness (QED) is 0.182. The second kappa shape index (κ2) is 10.4. The third-order valence-corrected chi connectivity index (χ3v) is 19.7. The zero-order valence-electron chi connectivity index (χ0n) is 26.5. The molecule has 0 N–H and O–H groups in total. The van der Waals surface area contributed by atoms with Gasteiger partial charge in [-0.15, -0.1) is 0 Å². The second-order valence-corrected chi connectivity index (χ2v) is 24.8. The smallest absolute Gasteiger partial charge is 0.306 e. The van der Waals surface area contributed by atoms with Gasteiger partial charge in [0.15, 0.2) is 22.4 Å².